The molecule has 7 aliphatic carbocycles. The minimum Gasteiger partial charge on any atom is -0.0622 e. The van der Waals surface area contributed by atoms with Crippen LogP contribution in [0.5, 0.6) is 0 Å². The zero-order valence-corrected chi connectivity index (χ0v) is 80.3. The van der Waals surface area contributed by atoms with Crippen LogP contribution in [-0.4, -0.2) is 0 Å². The van der Waals surface area contributed by atoms with Crippen LogP contribution < -0.4 is 0 Å². The van der Waals surface area contributed by atoms with Crippen molar-refractivity contribution in [1.29, 1.82) is 0 Å². The van der Waals surface area contributed by atoms with Crippen LogP contribution in [0.2, 0.25) is 0 Å². The first kappa shape index (κ1) is 88.1. The van der Waals surface area contributed by atoms with Crippen molar-refractivity contribution in [1.82, 2.24) is 0 Å². The summed E-state index contributed by atoms with van der Waals surface area (Å²) < 4.78 is 0. The molecule has 0 spiro atoms. The van der Waals surface area contributed by atoms with Gasteiger partial charge in [-0.05, 0) is 312 Å². The lowest BCUT2D eigenvalue weighted by atomic mass is 9.88. The molecule has 0 N–H and O–H groups in total. The van der Waals surface area contributed by atoms with Crippen LogP contribution in [0.4, 0.5) is 0 Å². The Morgan fingerprint density at radius 3 is 0.714 bits per heavy atom. The molecule has 666 valence electrons. The van der Waals surface area contributed by atoms with E-state index in [1.54, 1.807) is 0 Å². The van der Waals surface area contributed by atoms with Gasteiger partial charge in [0.1, 0.15) is 0 Å². The van der Waals surface area contributed by atoms with Gasteiger partial charge in [0.25, 0.3) is 0 Å². The molecule has 20 aromatic carbocycles. The molecule has 7 aliphatic rings. The maximum absolute atomic E-state index is 2.35. The Morgan fingerprint density at radius 1 is 0.143 bits per heavy atom. The lowest BCUT2D eigenvalue weighted by Gasteiger charge is -2.15. The molecule has 0 atom stereocenters. The molecule has 0 aliphatic heterocycles. The van der Waals surface area contributed by atoms with E-state index in [0.717, 1.165) is 0 Å². The van der Waals surface area contributed by atoms with E-state index in [1.807, 2.05) is 0 Å². The highest BCUT2D eigenvalue weighted by molar-refractivity contribution is 6.20. The van der Waals surface area contributed by atoms with E-state index in [1.165, 1.54) is 278 Å². The highest BCUT2D eigenvalue weighted by atomic mass is 14.4. The van der Waals surface area contributed by atoms with Gasteiger partial charge in [-0.3, -0.25) is 0 Å². The lowest BCUT2D eigenvalue weighted by Crippen LogP contribution is -1.94. The van der Waals surface area contributed by atoms with Crippen molar-refractivity contribution < 1.29 is 0 Å². The third kappa shape index (κ3) is 16.9. The zero-order chi connectivity index (χ0) is 94.9. The molecule has 0 aromatic heterocycles. The minimum absolute atomic E-state index is 1.25. The van der Waals surface area contributed by atoms with Crippen LogP contribution in [0.1, 0.15) is 158 Å². The summed E-state index contributed by atoms with van der Waals surface area (Å²) >= 11 is 0. The third-order valence-electron chi connectivity index (χ3n) is 28.4. The van der Waals surface area contributed by atoms with Crippen molar-refractivity contribution >= 4 is 67.9 Å². The molecule has 0 nitrogen and oxygen atoms in total. The Balaban J connectivity index is 0.0000000969. The molecule has 20 aromatic rings. The fourth-order valence-corrected chi connectivity index (χ4v) is 21.9. The fourth-order valence-electron chi connectivity index (χ4n) is 21.9. The quantitative estimate of drug-likeness (QED) is 0.156. The van der Waals surface area contributed by atoms with Crippen LogP contribution >= 0.6 is 0 Å². The van der Waals surface area contributed by atoms with Crippen LogP contribution in [0.15, 0.2) is 485 Å². The summed E-state index contributed by atoms with van der Waals surface area (Å²) in [5.41, 5.74) is 66.6. The SMILES string of the molecule is C/C(=C1\c2ccccc2-c2cc(C)ccc21)c1ccccc1.C/C(=C1\c2ccccc2-c2ccc(C)cc21)c1ccccc1.Cc1ccc2c(c1)-c1ccccc1/C2=C/c1ccccc1.Cc1ccc2c(c1)/C(=C\c1ccccc1)c1ccccc1-2.Cc1ccc2c(c1)C(=C(c1ccccc1)c1ccccc1)c1ccccc1-2.Cc1ccc2c(c1)C(=C1c3ccccc3-c3ccccc31)c1ccccc1-2. The van der Waals surface area contributed by atoms with Crippen molar-refractivity contribution in [2.45, 2.75) is 55.4 Å². The highest BCUT2D eigenvalue weighted by Crippen LogP contribution is 2.57. The van der Waals surface area contributed by atoms with E-state index in [9.17, 15) is 0 Å². The number of aryl methyl sites for hydroxylation is 6. The van der Waals surface area contributed by atoms with Gasteiger partial charge in [-0.25, -0.2) is 0 Å². The van der Waals surface area contributed by atoms with E-state index in [-0.39, 0.29) is 0 Å². The maximum atomic E-state index is 2.35. The molecule has 27 rings (SSSR count). The smallest absolute Gasteiger partial charge is 0.00138 e. The molecule has 0 radical (unpaired) electrons. The molecule has 0 unspecified atom stereocenters. The second-order valence-electron chi connectivity index (χ2n) is 37.6. The van der Waals surface area contributed by atoms with Crippen LogP contribution in [0.3, 0.4) is 0 Å². The number of hydrogen-bond acceptors (Lipinski definition) is 0. The van der Waals surface area contributed by atoms with Gasteiger partial charge in [-0.15, -0.1) is 0 Å². The Morgan fingerprint density at radius 2 is 0.336 bits per heavy atom. The van der Waals surface area contributed by atoms with Gasteiger partial charge in [-0.1, -0.05) is 519 Å². The summed E-state index contributed by atoms with van der Waals surface area (Å²) in [5.74, 6) is 0. The molecule has 0 fully saturated rings. The van der Waals surface area contributed by atoms with Crippen molar-refractivity contribution in [3.05, 3.63) is 630 Å². The van der Waals surface area contributed by atoms with Crippen LogP contribution in [0.25, 0.3) is 146 Å². The van der Waals surface area contributed by atoms with Gasteiger partial charge < -0.3 is 0 Å². The van der Waals surface area contributed by atoms with E-state index >= 15 is 0 Å². The number of fused-ring (bicyclic) bond motifs is 21. The number of hydrogen-bond donors (Lipinski definition) is 0. The number of rotatable bonds is 6. The predicted octanol–water partition coefficient (Wildman–Crippen LogP) is 37.0. The highest BCUT2D eigenvalue weighted by Gasteiger charge is 2.35. The monoisotopic (exact) mass is 1790 g/mol. The Labute approximate surface area is 825 Å². The van der Waals surface area contributed by atoms with Gasteiger partial charge in [0.05, 0.1) is 0 Å². The van der Waals surface area contributed by atoms with Gasteiger partial charge in [0.15, 0.2) is 0 Å². The molecule has 0 saturated carbocycles. The van der Waals surface area contributed by atoms with Gasteiger partial charge in [0.2, 0.25) is 0 Å². The van der Waals surface area contributed by atoms with Crippen LogP contribution in [0, 0.1) is 41.5 Å². The first-order valence-corrected chi connectivity index (χ1v) is 48.9. The first-order chi connectivity index (χ1) is 68.8. The second-order valence-corrected chi connectivity index (χ2v) is 37.6. The minimum atomic E-state index is 1.25. The molecule has 0 heterocycles. The number of allylic oxidation sites excluding steroid dienone is 2. The van der Waals surface area contributed by atoms with E-state index in [2.05, 4.69) is 553 Å². The molecule has 0 heteroatoms. The normalized spacial score (nSPS) is 13.6. The average molecular weight is 1790 g/mol. The summed E-state index contributed by atoms with van der Waals surface area (Å²) in [6.07, 6.45) is 4.59. The van der Waals surface area contributed by atoms with Crippen LogP contribution in [-0.2, 0) is 0 Å². The molecule has 0 saturated heterocycles. The molecular formula is C140H106. The predicted molar refractivity (Wildman–Crippen MR) is 597 cm³/mol. The summed E-state index contributed by atoms with van der Waals surface area (Å²) in [5, 5.41) is 0. The van der Waals surface area contributed by atoms with E-state index < -0.39 is 0 Å². The summed E-state index contributed by atoms with van der Waals surface area (Å²) in [6, 6.07) is 175. The second kappa shape index (κ2) is 38.5. The first-order valence-electron chi connectivity index (χ1n) is 48.9. The van der Waals surface area contributed by atoms with Gasteiger partial charge >= 0.3 is 0 Å². The molecule has 0 amide bonds. The van der Waals surface area contributed by atoms with Gasteiger partial charge in [-0.2, -0.15) is 0 Å². The summed E-state index contributed by atoms with van der Waals surface area (Å²) in [4.78, 5) is 0. The Kier molecular flexibility index (Phi) is 24.3. The Hall–Kier alpha value is -17.2. The third-order valence-corrected chi connectivity index (χ3v) is 28.4. The maximum Gasteiger partial charge on any atom is -0.00138 e. The molecular weight excluding hydrogens is 1680 g/mol. The van der Waals surface area contributed by atoms with Crippen molar-refractivity contribution in [3.63, 3.8) is 0 Å². The van der Waals surface area contributed by atoms with E-state index in [4.69, 9.17) is 0 Å². The summed E-state index contributed by atoms with van der Waals surface area (Å²) in [6.45, 7) is 17.5. The topological polar surface area (TPSA) is 0 Å². The van der Waals surface area contributed by atoms with E-state index in [0.29, 0.717) is 0 Å². The van der Waals surface area contributed by atoms with Crippen molar-refractivity contribution in [2.75, 3.05) is 0 Å². The molecule has 140 heavy (non-hydrogen) atoms. The van der Waals surface area contributed by atoms with Gasteiger partial charge in [0, 0.05) is 0 Å². The Bertz CT molecular complexity index is 8220. The summed E-state index contributed by atoms with van der Waals surface area (Å²) in [7, 11) is 0. The molecule has 0 bridgehead atoms. The zero-order valence-electron chi connectivity index (χ0n) is 80.3. The lowest BCUT2D eigenvalue weighted by molar-refractivity contribution is 1.46. The fraction of sp³-hybridized carbons (Fsp3) is 0.0571. The van der Waals surface area contributed by atoms with Crippen molar-refractivity contribution in [2.24, 2.45) is 0 Å². The number of benzene rings is 20. The largest absolute Gasteiger partial charge is 0.0622 e. The standard InChI is InChI=1S/C27H18.C27H20.2C22H18.2C21H16/c1-17-14-15-21-20-10-4-7-13-24(20)27(25(21)16-17)26-22-11-5-2-8-18(22)19-9-3-6-12-23(19)26;1-19-16-17-23-22-14-8-9-15-24(22)27(25(23)18-19)26(20-10-4-2-5-11-20)21-12-6-3-7-13-21;1-15-12-13-19-18-10-6-7-11-20(18)22(21(19)14-15)16(2)17-8-4-3-5-9-17;1-15-12-13-20-21(14-15)18-10-6-7-11-19(18)22(20)16(2)17-8-4-3-5-9-17;1-15-11-12-19-20(13-15)17-9-5-6-10-18(17)21(19)14-16-7-3-2-4-8-16;1-15-11-12-19-17-9-5-6-10-18(17)21(20(19)13-15)14-16-7-3-2-4-8-16/h2-16H,1H3;2-18H,1H3;2*3-14H,1-2H3;2*2-14H,1H3/b;;2*22-16-;2*21-14-. The van der Waals surface area contributed by atoms with Crippen molar-refractivity contribution in [3.8, 4) is 77.9 Å². The average Bonchev–Trinajstić information content (AvgIpc) is 1.55.